The smallest absolute Gasteiger partial charge is 0.319 e. The van der Waals surface area contributed by atoms with Crippen molar-refractivity contribution in [3.8, 4) is 6.07 Å². The van der Waals surface area contributed by atoms with Crippen LogP contribution in [0, 0.1) is 11.3 Å². The van der Waals surface area contributed by atoms with E-state index in [-0.39, 0.29) is 11.6 Å². The van der Waals surface area contributed by atoms with Crippen molar-refractivity contribution >= 4 is 5.91 Å². The van der Waals surface area contributed by atoms with E-state index in [2.05, 4.69) is 21.4 Å². The number of hydrogen-bond acceptors (Lipinski definition) is 4. The molecule has 1 unspecified atom stereocenters. The maximum atomic E-state index is 11.9. The topological polar surface area (TPSA) is 105 Å². The lowest BCUT2D eigenvalue weighted by Crippen LogP contribution is -2.53. The van der Waals surface area contributed by atoms with E-state index in [0.29, 0.717) is 19.6 Å². The zero-order chi connectivity index (χ0) is 11.5. The molecule has 84 valence electrons. The van der Waals surface area contributed by atoms with Crippen molar-refractivity contribution in [3.63, 3.8) is 0 Å². The standard InChI is InChI=1S/C9H11N5O2/c10-3-6-4-11-1-2-14(6)8(15)7-5-12-9(16)13-7/h5-6,11H,1-2,4H2,(H2,12,13,16). The Balaban J connectivity index is 2.20. The molecule has 1 amide bonds. The Morgan fingerprint density at radius 2 is 2.44 bits per heavy atom. The zero-order valence-electron chi connectivity index (χ0n) is 8.49. The first-order valence-electron chi connectivity index (χ1n) is 4.91. The van der Waals surface area contributed by atoms with Crippen LogP contribution in [-0.2, 0) is 0 Å². The summed E-state index contributed by atoms with van der Waals surface area (Å²) in [5, 5.41) is 11.9. The van der Waals surface area contributed by atoms with Crippen molar-refractivity contribution in [1.82, 2.24) is 20.2 Å². The number of rotatable bonds is 1. The van der Waals surface area contributed by atoms with Crippen molar-refractivity contribution in [2.24, 2.45) is 0 Å². The molecule has 7 nitrogen and oxygen atoms in total. The van der Waals surface area contributed by atoms with Gasteiger partial charge in [0.05, 0.1) is 6.07 Å². The molecule has 1 saturated heterocycles. The Labute approximate surface area is 91.1 Å². The predicted molar refractivity (Wildman–Crippen MR) is 54.7 cm³/mol. The SMILES string of the molecule is N#CC1CNCCN1C(=O)c1c[nH]c(=O)[nH]1. The number of H-pyrrole nitrogens is 2. The number of aromatic nitrogens is 2. The van der Waals surface area contributed by atoms with Gasteiger partial charge < -0.3 is 20.2 Å². The molecule has 1 aliphatic rings. The molecule has 0 aliphatic carbocycles. The maximum absolute atomic E-state index is 11.9. The number of piperazine rings is 1. The van der Waals surface area contributed by atoms with Gasteiger partial charge in [-0.15, -0.1) is 0 Å². The van der Waals surface area contributed by atoms with Crippen LogP contribution in [0.5, 0.6) is 0 Å². The summed E-state index contributed by atoms with van der Waals surface area (Å²) < 4.78 is 0. The van der Waals surface area contributed by atoms with Gasteiger partial charge in [-0.25, -0.2) is 4.79 Å². The highest BCUT2D eigenvalue weighted by Crippen LogP contribution is 2.06. The first-order valence-corrected chi connectivity index (χ1v) is 4.91. The lowest BCUT2D eigenvalue weighted by atomic mass is 10.2. The van der Waals surface area contributed by atoms with Crippen LogP contribution in [0.4, 0.5) is 0 Å². The van der Waals surface area contributed by atoms with Gasteiger partial charge in [0, 0.05) is 25.8 Å². The number of nitriles is 1. The first-order chi connectivity index (χ1) is 7.72. The molecule has 1 fully saturated rings. The highest BCUT2D eigenvalue weighted by molar-refractivity contribution is 5.92. The van der Waals surface area contributed by atoms with Crippen LogP contribution >= 0.6 is 0 Å². The van der Waals surface area contributed by atoms with Gasteiger partial charge in [-0.2, -0.15) is 5.26 Å². The van der Waals surface area contributed by atoms with Gasteiger partial charge in [-0.3, -0.25) is 4.79 Å². The molecule has 0 saturated carbocycles. The number of imidazole rings is 1. The summed E-state index contributed by atoms with van der Waals surface area (Å²) in [6.07, 6.45) is 1.32. The second-order valence-electron chi connectivity index (χ2n) is 3.50. The average Bonchev–Trinajstić information content (AvgIpc) is 2.75. The fourth-order valence-corrected chi connectivity index (χ4v) is 1.66. The molecule has 3 N–H and O–H groups in total. The van der Waals surface area contributed by atoms with Gasteiger partial charge in [0.1, 0.15) is 11.7 Å². The van der Waals surface area contributed by atoms with Crippen molar-refractivity contribution in [1.29, 1.82) is 5.26 Å². The minimum Gasteiger partial charge on any atom is -0.319 e. The molecule has 2 rings (SSSR count). The summed E-state index contributed by atoms with van der Waals surface area (Å²) in [4.78, 5) is 29.0. The first kappa shape index (κ1) is 10.4. The summed E-state index contributed by atoms with van der Waals surface area (Å²) in [6.45, 7) is 1.57. The Morgan fingerprint density at radius 3 is 3.06 bits per heavy atom. The maximum Gasteiger partial charge on any atom is 0.323 e. The molecule has 1 aromatic rings. The number of hydrogen-bond donors (Lipinski definition) is 3. The van der Waals surface area contributed by atoms with E-state index in [1.54, 1.807) is 0 Å². The average molecular weight is 221 g/mol. The molecular formula is C9H11N5O2. The van der Waals surface area contributed by atoms with E-state index >= 15 is 0 Å². The third-order valence-corrected chi connectivity index (χ3v) is 2.48. The van der Waals surface area contributed by atoms with Crippen LogP contribution in [0.3, 0.4) is 0 Å². The quantitative estimate of drug-likeness (QED) is 0.544. The molecule has 2 heterocycles. The highest BCUT2D eigenvalue weighted by atomic mass is 16.2. The van der Waals surface area contributed by atoms with Crippen LogP contribution in [0.1, 0.15) is 10.5 Å². The van der Waals surface area contributed by atoms with Crippen molar-refractivity contribution < 1.29 is 4.79 Å². The number of aromatic amines is 2. The van der Waals surface area contributed by atoms with Crippen LogP contribution in [-0.4, -0.2) is 46.5 Å². The molecular weight excluding hydrogens is 210 g/mol. The monoisotopic (exact) mass is 221 g/mol. The Morgan fingerprint density at radius 1 is 1.62 bits per heavy atom. The van der Waals surface area contributed by atoms with E-state index in [1.807, 2.05) is 0 Å². The van der Waals surface area contributed by atoms with Crippen LogP contribution in [0.25, 0.3) is 0 Å². The summed E-state index contributed by atoms with van der Waals surface area (Å²) in [5.74, 6) is -0.327. The van der Waals surface area contributed by atoms with Gasteiger partial charge >= 0.3 is 5.69 Å². The normalized spacial score (nSPS) is 20.4. The van der Waals surface area contributed by atoms with Gasteiger partial charge in [-0.1, -0.05) is 0 Å². The lowest BCUT2D eigenvalue weighted by Gasteiger charge is -2.31. The van der Waals surface area contributed by atoms with Gasteiger partial charge in [0.2, 0.25) is 0 Å². The summed E-state index contributed by atoms with van der Waals surface area (Å²) in [6, 6.07) is 1.57. The second kappa shape index (κ2) is 4.20. The van der Waals surface area contributed by atoms with E-state index in [0.717, 1.165) is 0 Å². The van der Waals surface area contributed by atoms with Crippen molar-refractivity contribution in [3.05, 3.63) is 22.4 Å². The van der Waals surface area contributed by atoms with E-state index < -0.39 is 11.7 Å². The Bertz CT molecular complexity index is 483. The second-order valence-corrected chi connectivity index (χ2v) is 3.50. The molecule has 7 heteroatoms. The molecule has 1 atom stereocenters. The summed E-state index contributed by atoms with van der Waals surface area (Å²) in [7, 11) is 0. The molecule has 1 aliphatic heterocycles. The van der Waals surface area contributed by atoms with Gasteiger partial charge in [-0.05, 0) is 0 Å². The van der Waals surface area contributed by atoms with E-state index in [9.17, 15) is 9.59 Å². The number of carbonyl (C=O) groups is 1. The number of nitrogens with zero attached hydrogens (tertiary/aromatic N) is 2. The number of amides is 1. The van der Waals surface area contributed by atoms with Crippen molar-refractivity contribution in [2.45, 2.75) is 6.04 Å². The van der Waals surface area contributed by atoms with Crippen LogP contribution in [0.2, 0.25) is 0 Å². The molecule has 0 aromatic carbocycles. The Hall–Kier alpha value is -2.07. The summed E-state index contributed by atoms with van der Waals surface area (Å²) in [5.41, 5.74) is -0.237. The van der Waals surface area contributed by atoms with Gasteiger partial charge in [0.25, 0.3) is 5.91 Å². The third kappa shape index (κ3) is 1.83. The molecule has 16 heavy (non-hydrogen) atoms. The highest BCUT2D eigenvalue weighted by Gasteiger charge is 2.27. The van der Waals surface area contributed by atoms with Crippen LogP contribution in [0.15, 0.2) is 11.0 Å². The van der Waals surface area contributed by atoms with Crippen LogP contribution < -0.4 is 11.0 Å². The fraction of sp³-hybridized carbons (Fsp3) is 0.444. The zero-order valence-corrected chi connectivity index (χ0v) is 8.49. The number of nitrogens with one attached hydrogen (secondary N) is 3. The minimum absolute atomic E-state index is 0.187. The largest absolute Gasteiger partial charge is 0.323 e. The molecule has 0 radical (unpaired) electrons. The van der Waals surface area contributed by atoms with Gasteiger partial charge in [0.15, 0.2) is 0 Å². The van der Waals surface area contributed by atoms with E-state index in [4.69, 9.17) is 5.26 Å². The van der Waals surface area contributed by atoms with Crippen molar-refractivity contribution in [2.75, 3.05) is 19.6 Å². The fourth-order valence-electron chi connectivity index (χ4n) is 1.66. The number of carbonyl (C=O) groups excluding carboxylic acids is 1. The predicted octanol–water partition coefficient (Wildman–Crippen LogP) is -1.36. The Kier molecular flexibility index (Phi) is 2.74. The third-order valence-electron chi connectivity index (χ3n) is 2.48. The minimum atomic E-state index is -0.486. The molecule has 0 bridgehead atoms. The van der Waals surface area contributed by atoms with E-state index in [1.165, 1.54) is 11.1 Å². The lowest BCUT2D eigenvalue weighted by molar-refractivity contribution is 0.0681. The molecule has 1 aromatic heterocycles. The molecule has 0 spiro atoms. The summed E-state index contributed by atoms with van der Waals surface area (Å²) >= 11 is 0.